The van der Waals surface area contributed by atoms with Crippen molar-refractivity contribution in [3.05, 3.63) is 129 Å². The third kappa shape index (κ3) is 14.5. The first kappa shape index (κ1) is 38.3. The molecule has 0 atom stereocenters. The fourth-order valence-electron chi connectivity index (χ4n) is 7.34. The number of rotatable bonds is 24. The van der Waals surface area contributed by atoms with Crippen molar-refractivity contribution < 1.29 is 0 Å². The van der Waals surface area contributed by atoms with Crippen molar-refractivity contribution in [2.24, 2.45) is 0 Å². The third-order valence-corrected chi connectivity index (χ3v) is 10.5. The molecule has 0 saturated heterocycles. The van der Waals surface area contributed by atoms with Crippen LogP contribution in [-0.2, 0) is 38.5 Å². The lowest BCUT2D eigenvalue weighted by molar-refractivity contribution is 0.530. The van der Waals surface area contributed by atoms with Crippen LogP contribution < -0.4 is 11.5 Å². The van der Waals surface area contributed by atoms with Gasteiger partial charge in [0, 0.05) is 11.4 Å². The average molecular weight is 659 g/mol. The van der Waals surface area contributed by atoms with E-state index < -0.39 is 0 Å². The molecule has 0 spiro atoms. The first-order valence-electron chi connectivity index (χ1n) is 19.9. The van der Waals surface area contributed by atoms with Gasteiger partial charge in [-0.2, -0.15) is 0 Å². The van der Waals surface area contributed by atoms with E-state index in [1.165, 1.54) is 154 Å². The van der Waals surface area contributed by atoms with Crippen LogP contribution in [0.25, 0.3) is 0 Å². The smallest absolute Gasteiger partial charge is 0.0316 e. The average Bonchev–Trinajstić information content (AvgIpc) is 3.12. The molecule has 2 heteroatoms. The van der Waals surface area contributed by atoms with Gasteiger partial charge in [-0.05, 0) is 120 Å². The fourth-order valence-corrected chi connectivity index (χ4v) is 7.34. The van der Waals surface area contributed by atoms with Crippen LogP contribution in [0.5, 0.6) is 0 Å². The summed E-state index contributed by atoms with van der Waals surface area (Å²) in [4.78, 5) is 0. The Morgan fingerprint density at radius 1 is 0.327 bits per heavy atom. The van der Waals surface area contributed by atoms with E-state index in [2.05, 4.69) is 86.6 Å². The van der Waals surface area contributed by atoms with Gasteiger partial charge in [-0.15, -0.1) is 0 Å². The molecule has 2 nitrogen and oxygen atoms in total. The number of nitrogens with two attached hydrogens (primary N) is 2. The summed E-state index contributed by atoms with van der Waals surface area (Å²) in [5, 5.41) is 0. The number of benzene rings is 4. The summed E-state index contributed by atoms with van der Waals surface area (Å²) in [5.41, 5.74) is 25.0. The first-order valence-corrected chi connectivity index (χ1v) is 19.9. The van der Waals surface area contributed by atoms with Crippen LogP contribution in [-0.4, -0.2) is 0 Å². The lowest BCUT2D eigenvalue weighted by Crippen LogP contribution is -1.97. The predicted octanol–water partition coefficient (Wildman–Crippen LogP) is 12.8. The van der Waals surface area contributed by atoms with Crippen LogP contribution in [0.4, 0.5) is 11.4 Å². The largest absolute Gasteiger partial charge is 0.399 e. The van der Waals surface area contributed by atoms with Crippen LogP contribution in [0, 0.1) is 0 Å². The Morgan fingerprint density at radius 2 is 0.612 bits per heavy atom. The molecule has 0 aliphatic rings. The summed E-state index contributed by atoms with van der Waals surface area (Å²) in [6.45, 7) is 4.42. The number of unbranched alkanes of at least 4 members (excludes halogenated alkanes) is 14. The molecule has 4 aromatic rings. The molecule has 0 radical (unpaired) electrons. The van der Waals surface area contributed by atoms with Crippen molar-refractivity contribution in [1.82, 2.24) is 0 Å². The molecule has 0 saturated carbocycles. The monoisotopic (exact) mass is 659 g/mol. The Bertz CT molecular complexity index is 1350. The van der Waals surface area contributed by atoms with Gasteiger partial charge in [-0.1, -0.05) is 158 Å². The number of hydrogen-bond acceptors (Lipinski definition) is 2. The van der Waals surface area contributed by atoms with Crippen molar-refractivity contribution in [3.8, 4) is 0 Å². The maximum absolute atomic E-state index is 5.98. The zero-order chi connectivity index (χ0) is 34.5. The van der Waals surface area contributed by atoms with Crippen LogP contribution in [0.15, 0.2) is 84.9 Å². The van der Waals surface area contributed by atoms with E-state index in [4.69, 9.17) is 11.5 Å². The van der Waals surface area contributed by atoms with Crippen LogP contribution in [0.1, 0.15) is 155 Å². The summed E-state index contributed by atoms with van der Waals surface area (Å²) in [5.74, 6) is 0. The van der Waals surface area contributed by atoms with E-state index in [9.17, 15) is 0 Å². The molecule has 4 aromatic carbocycles. The van der Waals surface area contributed by atoms with Crippen molar-refractivity contribution in [1.29, 1.82) is 0 Å². The van der Waals surface area contributed by atoms with Crippen molar-refractivity contribution in [2.45, 2.75) is 149 Å². The molecule has 49 heavy (non-hydrogen) atoms. The van der Waals surface area contributed by atoms with Gasteiger partial charge in [0.2, 0.25) is 0 Å². The minimum absolute atomic E-state index is 0.866. The molecular weight excluding hydrogens is 593 g/mol. The summed E-state index contributed by atoms with van der Waals surface area (Å²) in [6, 6.07) is 31.3. The summed E-state index contributed by atoms with van der Waals surface area (Å²) in [6.07, 6.45) is 27.4. The standard InChI is InChI=1S/C47H66N2/c1-3-42-36-46(48)32-30-44(42)34-40-26-22-38(23-27-40)20-18-16-14-12-10-8-6-5-7-9-11-13-15-17-19-21-39-24-28-41(29-25-39)35-45-31-33-47(49)37-43(45)4-2/h22-33,36-37H,3-21,34-35,48-49H2,1-2H3. The van der Waals surface area contributed by atoms with Crippen molar-refractivity contribution in [2.75, 3.05) is 11.5 Å². The molecule has 0 bridgehead atoms. The molecule has 0 aliphatic heterocycles. The number of hydrogen-bond donors (Lipinski definition) is 2. The fraction of sp³-hybridized carbons (Fsp3) is 0.489. The highest BCUT2D eigenvalue weighted by atomic mass is 14.5. The Hall–Kier alpha value is -3.52. The van der Waals surface area contributed by atoms with Crippen molar-refractivity contribution in [3.63, 3.8) is 0 Å². The topological polar surface area (TPSA) is 52.0 Å². The molecule has 4 N–H and O–H groups in total. The van der Waals surface area contributed by atoms with E-state index >= 15 is 0 Å². The minimum atomic E-state index is 0.866. The van der Waals surface area contributed by atoms with Crippen LogP contribution in [0.3, 0.4) is 0 Å². The number of anilines is 2. The highest BCUT2D eigenvalue weighted by molar-refractivity contribution is 5.47. The summed E-state index contributed by atoms with van der Waals surface area (Å²) in [7, 11) is 0. The van der Waals surface area contributed by atoms with Gasteiger partial charge in [0.15, 0.2) is 0 Å². The second-order valence-corrected chi connectivity index (χ2v) is 14.6. The minimum Gasteiger partial charge on any atom is -0.399 e. The lowest BCUT2D eigenvalue weighted by atomic mass is 9.96. The molecule has 0 fully saturated rings. The Morgan fingerprint density at radius 3 is 0.918 bits per heavy atom. The van der Waals surface area contributed by atoms with Gasteiger partial charge in [0.25, 0.3) is 0 Å². The van der Waals surface area contributed by atoms with Crippen LogP contribution in [0.2, 0.25) is 0 Å². The van der Waals surface area contributed by atoms with E-state index in [1.807, 2.05) is 12.1 Å². The SMILES string of the molecule is CCc1cc(N)ccc1Cc1ccc(CCCCCCCCCCCCCCCCCc2ccc(Cc3ccc(N)cc3CC)cc2)cc1. The van der Waals surface area contributed by atoms with Gasteiger partial charge in [-0.3, -0.25) is 0 Å². The molecule has 264 valence electrons. The first-order chi connectivity index (χ1) is 24.0. The predicted molar refractivity (Wildman–Crippen MR) is 216 cm³/mol. The van der Waals surface area contributed by atoms with Crippen LogP contribution >= 0.6 is 0 Å². The Balaban J connectivity index is 0.915. The highest BCUT2D eigenvalue weighted by Crippen LogP contribution is 2.21. The summed E-state index contributed by atoms with van der Waals surface area (Å²) >= 11 is 0. The molecular formula is C47H66N2. The summed E-state index contributed by atoms with van der Waals surface area (Å²) < 4.78 is 0. The maximum atomic E-state index is 5.98. The molecule has 0 unspecified atom stereocenters. The van der Waals surface area contributed by atoms with Gasteiger partial charge in [0.05, 0.1) is 0 Å². The van der Waals surface area contributed by atoms with E-state index in [-0.39, 0.29) is 0 Å². The highest BCUT2D eigenvalue weighted by Gasteiger charge is 2.05. The van der Waals surface area contributed by atoms with E-state index in [1.54, 1.807) is 0 Å². The molecule has 0 aliphatic carbocycles. The van der Waals surface area contributed by atoms with Gasteiger partial charge >= 0.3 is 0 Å². The van der Waals surface area contributed by atoms with Gasteiger partial charge < -0.3 is 11.5 Å². The molecule has 4 rings (SSSR count). The second kappa shape index (κ2) is 22.2. The van der Waals surface area contributed by atoms with E-state index in [0.717, 1.165) is 37.1 Å². The number of nitrogen functional groups attached to an aromatic ring is 2. The van der Waals surface area contributed by atoms with Crippen molar-refractivity contribution >= 4 is 11.4 Å². The lowest BCUT2D eigenvalue weighted by Gasteiger charge is -2.10. The maximum Gasteiger partial charge on any atom is 0.0316 e. The number of aryl methyl sites for hydroxylation is 4. The zero-order valence-electron chi connectivity index (χ0n) is 31.1. The molecule has 0 aromatic heterocycles. The Labute approximate surface area is 300 Å². The Kier molecular flexibility index (Phi) is 17.4. The van der Waals surface area contributed by atoms with Gasteiger partial charge in [-0.25, -0.2) is 0 Å². The van der Waals surface area contributed by atoms with Gasteiger partial charge in [0.1, 0.15) is 0 Å². The second-order valence-electron chi connectivity index (χ2n) is 14.6. The third-order valence-electron chi connectivity index (χ3n) is 10.5. The quantitative estimate of drug-likeness (QED) is 0.0581. The zero-order valence-corrected chi connectivity index (χ0v) is 31.1. The normalized spacial score (nSPS) is 11.3. The van der Waals surface area contributed by atoms with E-state index in [0.29, 0.717) is 0 Å². The molecule has 0 amide bonds. The molecule has 0 heterocycles.